The van der Waals surface area contributed by atoms with E-state index >= 15 is 0 Å². The molecule has 0 amide bonds. The summed E-state index contributed by atoms with van der Waals surface area (Å²) in [6.45, 7) is 5.00. The van der Waals surface area contributed by atoms with E-state index in [-0.39, 0.29) is 0 Å². The number of rotatable bonds is 13. The molecule has 0 heterocycles. The fourth-order valence-corrected chi connectivity index (χ4v) is 2.38. The zero-order valence-corrected chi connectivity index (χ0v) is 12.2. The van der Waals surface area contributed by atoms with Crippen LogP contribution in [0.1, 0.15) is 90.9 Å². The Kier molecular flexibility index (Phi) is 14.0. The summed E-state index contributed by atoms with van der Waals surface area (Å²) >= 11 is 0. The third-order valence-electron chi connectivity index (χ3n) is 3.66. The smallest absolute Gasteiger partial charge is 0.0431 e. The number of aliphatic hydroxyl groups is 1. The fourth-order valence-electron chi connectivity index (χ4n) is 2.38. The van der Waals surface area contributed by atoms with E-state index in [2.05, 4.69) is 13.8 Å². The number of aliphatic hydroxyl groups excluding tert-OH is 1. The predicted octanol–water partition coefficient (Wildman–Crippen LogP) is 5.32. The molecule has 17 heavy (non-hydrogen) atoms. The summed E-state index contributed by atoms with van der Waals surface area (Å²) in [5.74, 6) is 0.863. The largest absolute Gasteiger partial charge is 0.396 e. The van der Waals surface area contributed by atoms with E-state index in [1.54, 1.807) is 0 Å². The molecule has 0 aromatic carbocycles. The van der Waals surface area contributed by atoms with Gasteiger partial charge in [-0.2, -0.15) is 0 Å². The quantitative estimate of drug-likeness (QED) is 0.434. The molecule has 0 aromatic heterocycles. The van der Waals surface area contributed by atoms with Crippen molar-refractivity contribution in [2.75, 3.05) is 6.61 Å². The Morgan fingerprint density at radius 3 is 1.71 bits per heavy atom. The molecule has 1 heteroatoms. The molecule has 1 unspecified atom stereocenters. The van der Waals surface area contributed by atoms with Crippen molar-refractivity contribution in [3.05, 3.63) is 0 Å². The predicted molar refractivity (Wildman–Crippen MR) is 77.3 cm³/mol. The first kappa shape index (κ1) is 17.0. The van der Waals surface area contributed by atoms with Gasteiger partial charge in [-0.3, -0.25) is 0 Å². The number of unbranched alkanes of at least 4 members (excludes halogenated alkanes) is 8. The van der Waals surface area contributed by atoms with Crippen molar-refractivity contribution in [1.82, 2.24) is 0 Å². The summed E-state index contributed by atoms with van der Waals surface area (Å²) in [4.78, 5) is 0. The second kappa shape index (κ2) is 14.0. The van der Waals surface area contributed by atoms with Crippen LogP contribution in [0.4, 0.5) is 0 Å². The van der Waals surface area contributed by atoms with E-state index in [9.17, 15) is 0 Å². The minimum atomic E-state index is 0.366. The van der Waals surface area contributed by atoms with Crippen LogP contribution >= 0.6 is 0 Å². The molecule has 0 saturated heterocycles. The zero-order valence-electron chi connectivity index (χ0n) is 12.2. The lowest BCUT2D eigenvalue weighted by Crippen LogP contribution is -1.96. The molecular formula is C16H34O. The summed E-state index contributed by atoms with van der Waals surface area (Å²) in [5.41, 5.74) is 0. The summed E-state index contributed by atoms with van der Waals surface area (Å²) in [6, 6.07) is 0. The fraction of sp³-hybridized carbons (Fsp3) is 1.00. The van der Waals surface area contributed by atoms with Gasteiger partial charge in [0.25, 0.3) is 0 Å². The van der Waals surface area contributed by atoms with E-state index < -0.39 is 0 Å². The van der Waals surface area contributed by atoms with E-state index in [4.69, 9.17) is 5.11 Å². The van der Waals surface area contributed by atoms with Crippen molar-refractivity contribution < 1.29 is 5.11 Å². The van der Waals surface area contributed by atoms with Gasteiger partial charge in [-0.25, -0.2) is 0 Å². The summed E-state index contributed by atoms with van der Waals surface area (Å²) in [7, 11) is 0. The average molecular weight is 242 g/mol. The van der Waals surface area contributed by atoms with Crippen molar-refractivity contribution in [3.8, 4) is 0 Å². The lowest BCUT2D eigenvalue weighted by molar-refractivity contribution is 0.277. The van der Waals surface area contributed by atoms with Crippen molar-refractivity contribution in [3.63, 3.8) is 0 Å². The van der Waals surface area contributed by atoms with Crippen LogP contribution in [0.2, 0.25) is 0 Å². The minimum Gasteiger partial charge on any atom is -0.396 e. The third-order valence-corrected chi connectivity index (χ3v) is 3.66. The normalized spacial score (nSPS) is 12.9. The van der Waals surface area contributed by atoms with Gasteiger partial charge in [0.05, 0.1) is 0 Å². The van der Waals surface area contributed by atoms with E-state index in [1.165, 1.54) is 70.6 Å². The second-order valence-electron chi connectivity index (χ2n) is 5.59. The highest BCUT2D eigenvalue weighted by Crippen LogP contribution is 2.17. The lowest BCUT2D eigenvalue weighted by atomic mass is 9.97. The van der Waals surface area contributed by atoms with Crippen LogP contribution in [0.3, 0.4) is 0 Å². The van der Waals surface area contributed by atoms with E-state index in [0.29, 0.717) is 6.61 Å². The molecule has 0 spiro atoms. The van der Waals surface area contributed by atoms with Crippen molar-refractivity contribution in [1.29, 1.82) is 0 Å². The van der Waals surface area contributed by atoms with Gasteiger partial charge in [-0.1, -0.05) is 84.5 Å². The molecule has 1 nitrogen and oxygen atoms in total. The van der Waals surface area contributed by atoms with Crippen LogP contribution < -0.4 is 0 Å². The number of hydrogen-bond acceptors (Lipinski definition) is 1. The first-order valence-corrected chi connectivity index (χ1v) is 7.92. The molecule has 0 rings (SSSR count). The first-order valence-electron chi connectivity index (χ1n) is 7.92. The van der Waals surface area contributed by atoms with Gasteiger partial charge < -0.3 is 5.11 Å². The topological polar surface area (TPSA) is 20.2 Å². The Morgan fingerprint density at radius 2 is 1.18 bits per heavy atom. The lowest BCUT2D eigenvalue weighted by Gasteiger charge is -2.10. The van der Waals surface area contributed by atoms with Gasteiger partial charge >= 0.3 is 0 Å². The van der Waals surface area contributed by atoms with Crippen molar-refractivity contribution in [2.45, 2.75) is 90.9 Å². The Hall–Kier alpha value is -0.0400. The molecule has 0 radical (unpaired) electrons. The van der Waals surface area contributed by atoms with Crippen LogP contribution in [-0.4, -0.2) is 11.7 Å². The van der Waals surface area contributed by atoms with Gasteiger partial charge in [0.1, 0.15) is 0 Å². The summed E-state index contributed by atoms with van der Waals surface area (Å²) < 4.78 is 0. The molecular weight excluding hydrogens is 208 g/mol. The second-order valence-corrected chi connectivity index (χ2v) is 5.59. The highest BCUT2D eigenvalue weighted by Gasteiger charge is 2.01. The molecule has 0 aliphatic heterocycles. The van der Waals surface area contributed by atoms with E-state index in [0.717, 1.165) is 12.3 Å². The summed E-state index contributed by atoms with van der Waals surface area (Å²) in [5, 5.41) is 8.71. The van der Waals surface area contributed by atoms with Crippen LogP contribution in [-0.2, 0) is 0 Å². The highest BCUT2D eigenvalue weighted by atomic mass is 16.2. The van der Waals surface area contributed by atoms with Gasteiger partial charge in [0, 0.05) is 6.61 Å². The molecule has 1 atom stereocenters. The maximum atomic E-state index is 8.71. The molecule has 0 saturated carbocycles. The number of hydrogen-bond donors (Lipinski definition) is 1. The monoisotopic (exact) mass is 242 g/mol. The maximum Gasteiger partial charge on any atom is 0.0431 e. The molecule has 1 N–H and O–H groups in total. The van der Waals surface area contributed by atoms with Crippen LogP contribution in [0.25, 0.3) is 0 Å². The van der Waals surface area contributed by atoms with Crippen molar-refractivity contribution >= 4 is 0 Å². The van der Waals surface area contributed by atoms with Gasteiger partial charge in [0.15, 0.2) is 0 Å². The Morgan fingerprint density at radius 1 is 0.706 bits per heavy atom. The Labute approximate surface area is 109 Å². The van der Waals surface area contributed by atoms with Crippen LogP contribution in [0.15, 0.2) is 0 Å². The third kappa shape index (κ3) is 13.9. The molecule has 0 bridgehead atoms. The standard InChI is InChI=1S/C16H34O/c1-3-4-5-6-7-8-9-10-13-16(2)14-11-12-15-17/h16-17H,3-15H2,1-2H3. The van der Waals surface area contributed by atoms with Crippen LogP contribution in [0.5, 0.6) is 0 Å². The van der Waals surface area contributed by atoms with Gasteiger partial charge in [-0.05, 0) is 12.3 Å². The van der Waals surface area contributed by atoms with Crippen molar-refractivity contribution in [2.24, 2.45) is 5.92 Å². The molecule has 104 valence electrons. The Bertz CT molecular complexity index is 133. The zero-order chi connectivity index (χ0) is 12.8. The van der Waals surface area contributed by atoms with Gasteiger partial charge in [0.2, 0.25) is 0 Å². The van der Waals surface area contributed by atoms with Crippen LogP contribution in [0, 0.1) is 5.92 Å². The van der Waals surface area contributed by atoms with E-state index in [1.807, 2.05) is 0 Å². The average Bonchev–Trinajstić information content (AvgIpc) is 2.33. The highest BCUT2D eigenvalue weighted by molar-refractivity contribution is 4.55. The molecule has 0 aliphatic carbocycles. The Balaban J connectivity index is 3.05. The van der Waals surface area contributed by atoms with Gasteiger partial charge in [-0.15, -0.1) is 0 Å². The molecule has 0 fully saturated rings. The minimum absolute atomic E-state index is 0.366. The first-order chi connectivity index (χ1) is 8.31. The molecule has 0 aliphatic rings. The SMILES string of the molecule is CCCCCCCCCCC(C)CCCCO. The summed E-state index contributed by atoms with van der Waals surface area (Å²) in [6.07, 6.45) is 16.3. The maximum absolute atomic E-state index is 8.71. The molecule has 0 aromatic rings.